The number of oxazole rings is 1. The number of hydrogen-bond acceptors (Lipinski definition) is 6. The Labute approximate surface area is 152 Å². The van der Waals surface area contributed by atoms with Crippen LogP contribution in [0.15, 0.2) is 40.8 Å². The van der Waals surface area contributed by atoms with Crippen molar-refractivity contribution in [1.82, 2.24) is 15.2 Å². The maximum absolute atomic E-state index is 9.95. The molecule has 136 valence electrons. The predicted octanol–water partition coefficient (Wildman–Crippen LogP) is 3.98. The van der Waals surface area contributed by atoms with Crippen molar-refractivity contribution >= 4 is 16.9 Å². The lowest BCUT2D eigenvalue weighted by Crippen LogP contribution is -2.26. The van der Waals surface area contributed by atoms with Gasteiger partial charge in [-0.15, -0.1) is 5.10 Å². The molecule has 26 heavy (non-hydrogen) atoms. The van der Waals surface area contributed by atoms with Crippen molar-refractivity contribution in [2.75, 3.05) is 5.32 Å². The Hall–Kier alpha value is -2.47. The molecular weight excluding hydrogens is 328 g/mol. The summed E-state index contributed by atoms with van der Waals surface area (Å²) >= 11 is 0. The molecule has 3 aromatic rings. The molecule has 2 N–H and O–H groups in total. The van der Waals surface area contributed by atoms with Crippen LogP contribution in [0.5, 0.6) is 0 Å². The Morgan fingerprint density at radius 3 is 2.46 bits per heavy atom. The first-order chi connectivity index (χ1) is 12.5. The molecule has 6 heteroatoms. The van der Waals surface area contributed by atoms with E-state index in [4.69, 9.17) is 4.42 Å². The average Bonchev–Trinajstić information content (AvgIpc) is 3.06. The number of nitrogens with one attached hydrogen (secondary N) is 1. The van der Waals surface area contributed by atoms with E-state index in [1.807, 2.05) is 36.4 Å². The fraction of sp³-hybridized carbons (Fsp3) is 0.450. The summed E-state index contributed by atoms with van der Waals surface area (Å²) in [5.74, 6) is 1.99. The zero-order valence-corrected chi connectivity index (χ0v) is 15.1. The minimum Gasteiger partial charge on any atom is -0.440 e. The van der Waals surface area contributed by atoms with Crippen molar-refractivity contribution in [2.24, 2.45) is 0 Å². The molecule has 1 aliphatic rings. The minimum atomic E-state index is -0.969. The summed E-state index contributed by atoms with van der Waals surface area (Å²) in [5.41, 5.74) is 1.40. The molecular formula is C20H24N4O2. The van der Waals surface area contributed by atoms with Crippen molar-refractivity contribution in [3.05, 3.63) is 48.0 Å². The summed E-state index contributed by atoms with van der Waals surface area (Å²) in [6.45, 7) is 3.41. The maximum atomic E-state index is 9.95. The third-order valence-corrected chi connectivity index (χ3v) is 5.03. The largest absolute Gasteiger partial charge is 0.440 e. The van der Waals surface area contributed by atoms with Crippen LogP contribution in [0.3, 0.4) is 0 Å². The van der Waals surface area contributed by atoms with Crippen molar-refractivity contribution in [3.63, 3.8) is 0 Å². The smallest absolute Gasteiger partial charge is 0.198 e. The summed E-state index contributed by atoms with van der Waals surface area (Å²) < 4.78 is 5.93. The van der Waals surface area contributed by atoms with Gasteiger partial charge in [0.2, 0.25) is 0 Å². The Kier molecular flexibility index (Phi) is 4.36. The molecule has 0 spiro atoms. The highest BCUT2D eigenvalue weighted by Crippen LogP contribution is 2.34. The molecule has 1 aromatic carbocycles. The molecule has 2 aromatic heterocycles. The van der Waals surface area contributed by atoms with Crippen LogP contribution in [0, 0.1) is 0 Å². The number of aliphatic hydroxyl groups is 1. The van der Waals surface area contributed by atoms with Gasteiger partial charge in [-0.25, -0.2) is 4.98 Å². The number of nitrogens with zero attached hydrogens (tertiary/aromatic N) is 3. The monoisotopic (exact) mass is 352 g/mol. The van der Waals surface area contributed by atoms with Crippen molar-refractivity contribution in [1.29, 1.82) is 0 Å². The van der Waals surface area contributed by atoms with Crippen molar-refractivity contribution in [3.8, 4) is 0 Å². The van der Waals surface area contributed by atoms with E-state index in [1.165, 1.54) is 0 Å². The molecule has 6 nitrogen and oxygen atoms in total. The Balaban J connectivity index is 1.36. The zero-order valence-electron chi connectivity index (χ0n) is 15.1. The molecule has 1 saturated carbocycles. The molecule has 0 bridgehead atoms. The van der Waals surface area contributed by atoms with Gasteiger partial charge in [0.1, 0.15) is 16.9 Å². The number of para-hydroxylation sites is 2. The number of rotatable bonds is 4. The number of hydrogen-bond donors (Lipinski definition) is 2. The number of anilines is 1. The van der Waals surface area contributed by atoms with Gasteiger partial charge in [-0.2, -0.15) is 5.10 Å². The molecule has 0 saturated heterocycles. The van der Waals surface area contributed by atoms with Gasteiger partial charge in [0.25, 0.3) is 0 Å². The molecule has 1 fully saturated rings. The van der Waals surface area contributed by atoms with Gasteiger partial charge >= 0.3 is 0 Å². The second kappa shape index (κ2) is 6.68. The van der Waals surface area contributed by atoms with E-state index in [2.05, 4.69) is 20.5 Å². The van der Waals surface area contributed by atoms with Gasteiger partial charge in [0.15, 0.2) is 11.5 Å². The van der Waals surface area contributed by atoms with Gasteiger partial charge in [-0.3, -0.25) is 0 Å². The lowest BCUT2D eigenvalue weighted by Gasteiger charge is -2.27. The topological polar surface area (TPSA) is 84.1 Å². The summed E-state index contributed by atoms with van der Waals surface area (Å²) in [7, 11) is 0. The van der Waals surface area contributed by atoms with Gasteiger partial charge in [0, 0.05) is 12.0 Å². The first-order valence-corrected chi connectivity index (χ1v) is 9.17. The van der Waals surface area contributed by atoms with Crippen LogP contribution in [-0.4, -0.2) is 26.3 Å². The number of fused-ring (bicyclic) bond motifs is 1. The SMILES string of the molecule is CC(C)(O)c1ccc(NC2CCC(c3nc4ccccc4o3)CC2)nn1. The second-order valence-corrected chi connectivity index (χ2v) is 7.58. The molecule has 0 amide bonds. The highest BCUT2D eigenvalue weighted by atomic mass is 16.3. The maximum Gasteiger partial charge on any atom is 0.198 e. The lowest BCUT2D eigenvalue weighted by atomic mass is 9.86. The normalized spacial score (nSPS) is 21.0. The van der Waals surface area contributed by atoms with E-state index < -0.39 is 5.60 Å². The van der Waals surface area contributed by atoms with Crippen LogP contribution in [0.4, 0.5) is 5.82 Å². The average molecular weight is 352 g/mol. The fourth-order valence-electron chi connectivity index (χ4n) is 3.49. The quantitative estimate of drug-likeness (QED) is 0.739. The molecule has 0 radical (unpaired) electrons. The third kappa shape index (κ3) is 3.55. The molecule has 1 aliphatic carbocycles. The number of benzene rings is 1. The Bertz CT molecular complexity index is 842. The van der Waals surface area contributed by atoms with Gasteiger partial charge in [-0.05, 0) is 63.8 Å². The standard InChI is InChI=1S/C20H24N4O2/c1-20(2,25)17-11-12-18(24-23-17)21-14-9-7-13(8-10-14)19-22-15-5-3-4-6-16(15)26-19/h3-6,11-14,25H,7-10H2,1-2H3,(H,21,24). The molecule has 0 unspecified atom stereocenters. The molecule has 4 rings (SSSR count). The van der Waals surface area contributed by atoms with Crippen LogP contribution in [0.25, 0.3) is 11.1 Å². The highest BCUT2D eigenvalue weighted by Gasteiger charge is 2.26. The second-order valence-electron chi connectivity index (χ2n) is 7.58. The summed E-state index contributed by atoms with van der Waals surface area (Å²) in [4.78, 5) is 4.64. The van der Waals surface area contributed by atoms with Crippen LogP contribution in [0.1, 0.15) is 57.0 Å². The van der Waals surface area contributed by atoms with E-state index >= 15 is 0 Å². The summed E-state index contributed by atoms with van der Waals surface area (Å²) in [6.07, 6.45) is 4.16. The van der Waals surface area contributed by atoms with Crippen LogP contribution in [0.2, 0.25) is 0 Å². The van der Waals surface area contributed by atoms with Crippen LogP contribution in [-0.2, 0) is 5.60 Å². The van der Waals surface area contributed by atoms with Gasteiger partial charge in [-0.1, -0.05) is 12.1 Å². The Morgan fingerprint density at radius 1 is 1.04 bits per heavy atom. The fourth-order valence-corrected chi connectivity index (χ4v) is 3.49. The van der Waals surface area contributed by atoms with Crippen molar-refractivity contribution in [2.45, 2.75) is 57.1 Å². The van der Waals surface area contributed by atoms with E-state index in [9.17, 15) is 5.11 Å². The van der Waals surface area contributed by atoms with E-state index in [0.717, 1.165) is 48.5 Å². The van der Waals surface area contributed by atoms with Gasteiger partial charge in [0.05, 0.1) is 5.69 Å². The molecule has 0 atom stereocenters. The third-order valence-electron chi connectivity index (χ3n) is 5.03. The summed E-state index contributed by atoms with van der Waals surface area (Å²) in [6, 6.07) is 12.0. The Morgan fingerprint density at radius 2 is 1.81 bits per heavy atom. The summed E-state index contributed by atoms with van der Waals surface area (Å²) in [5, 5.41) is 21.7. The minimum absolute atomic E-state index is 0.373. The van der Waals surface area contributed by atoms with E-state index in [0.29, 0.717) is 17.7 Å². The van der Waals surface area contributed by atoms with Gasteiger partial charge < -0.3 is 14.8 Å². The zero-order chi connectivity index (χ0) is 18.1. The molecule has 0 aliphatic heterocycles. The van der Waals surface area contributed by atoms with Crippen LogP contribution < -0.4 is 5.32 Å². The predicted molar refractivity (Wildman–Crippen MR) is 99.9 cm³/mol. The van der Waals surface area contributed by atoms with Crippen molar-refractivity contribution < 1.29 is 9.52 Å². The van der Waals surface area contributed by atoms with Crippen LogP contribution >= 0.6 is 0 Å². The highest BCUT2D eigenvalue weighted by molar-refractivity contribution is 5.72. The molecule has 2 heterocycles. The first-order valence-electron chi connectivity index (χ1n) is 9.17. The number of aromatic nitrogens is 3. The van der Waals surface area contributed by atoms with E-state index in [-0.39, 0.29) is 0 Å². The first kappa shape index (κ1) is 17.0. The lowest BCUT2D eigenvalue weighted by molar-refractivity contribution is 0.0729. The van der Waals surface area contributed by atoms with E-state index in [1.54, 1.807) is 13.8 Å².